The number of fused-ring (bicyclic) bond motifs is 4. The van der Waals surface area contributed by atoms with E-state index in [0.717, 1.165) is 12.8 Å². The van der Waals surface area contributed by atoms with Gasteiger partial charge in [-0.25, -0.2) is 0 Å². The van der Waals surface area contributed by atoms with Crippen molar-refractivity contribution >= 4 is 0 Å². The van der Waals surface area contributed by atoms with Crippen molar-refractivity contribution in [2.45, 2.75) is 82.1 Å². The summed E-state index contributed by atoms with van der Waals surface area (Å²) in [6.07, 6.45) is -6.49. The van der Waals surface area contributed by atoms with Crippen LogP contribution in [0.2, 0.25) is 0 Å². The molecule has 2 saturated carbocycles. The van der Waals surface area contributed by atoms with Gasteiger partial charge in [-0.3, -0.25) is 0 Å². The summed E-state index contributed by atoms with van der Waals surface area (Å²) in [5.74, 6) is -0.0953. The predicted octanol–water partition coefficient (Wildman–Crippen LogP) is -1.39. The third-order valence-corrected chi connectivity index (χ3v) is 8.65. The summed E-state index contributed by atoms with van der Waals surface area (Å²) in [5.41, 5.74) is -1.59. The Morgan fingerprint density at radius 3 is 2.37 bits per heavy atom. The van der Waals surface area contributed by atoms with Gasteiger partial charge < -0.3 is 44.8 Å². The van der Waals surface area contributed by atoms with E-state index in [4.69, 9.17) is 14.2 Å². The van der Waals surface area contributed by atoms with Gasteiger partial charge in [0.25, 0.3) is 0 Å². The SMILES string of the molecule is CC(C)[C@@]1(O)C2COC1[C@@H](O)[C@]1(C)C2CC[C@H]1COC1OC(CO)C(O)C(O)C1O. The molecule has 0 aromatic rings. The van der Waals surface area contributed by atoms with Crippen molar-refractivity contribution in [3.05, 3.63) is 0 Å². The van der Waals surface area contributed by atoms with Gasteiger partial charge in [-0.05, 0) is 30.6 Å². The Labute approximate surface area is 176 Å². The topological polar surface area (TPSA) is 149 Å². The van der Waals surface area contributed by atoms with E-state index in [2.05, 4.69) is 0 Å². The van der Waals surface area contributed by atoms with Gasteiger partial charge in [0.2, 0.25) is 0 Å². The van der Waals surface area contributed by atoms with Crippen molar-refractivity contribution in [2.75, 3.05) is 19.8 Å². The minimum atomic E-state index is -1.49. The Balaban J connectivity index is 1.49. The molecule has 4 rings (SSSR count). The van der Waals surface area contributed by atoms with Gasteiger partial charge in [-0.2, -0.15) is 0 Å². The molecular weight excluding hydrogens is 396 g/mol. The fourth-order valence-corrected chi connectivity index (χ4v) is 6.63. The molecule has 0 amide bonds. The molecule has 4 aliphatic rings. The van der Waals surface area contributed by atoms with Gasteiger partial charge in [0, 0.05) is 11.3 Å². The van der Waals surface area contributed by atoms with E-state index in [1.165, 1.54) is 0 Å². The van der Waals surface area contributed by atoms with E-state index < -0.39 is 60.5 Å². The van der Waals surface area contributed by atoms with Gasteiger partial charge in [0.1, 0.15) is 36.1 Å². The smallest absolute Gasteiger partial charge is 0.186 e. The van der Waals surface area contributed by atoms with E-state index in [0.29, 0.717) is 6.61 Å². The number of hydrogen-bond donors (Lipinski definition) is 6. The van der Waals surface area contributed by atoms with Crippen LogP contribution in [0.25, 0.3) is 0 Å². The molecule has 12 atom stereocenters. The maximum atomic E-state index is 11.4. The second-order valence-corrected chi connectivity index (χ2v) is 10.1. The van der Waals surface area contributed by atoms with Crippen LogP contribution in [-0.4, -0.2) is 99.0 Å². The Morgan fingerprint density at radius 1 is 1.03 bits per heavy atom. The van der Waals surface area contributed by atoms with Gasteiger partial charge >= 0.3 is 0 Å². The monoisotopic (exact) mass is 432 g/mol. The number of hydrogen-bond acceptors (Lipinski definition) is 9. The molecule has 0 aromatic heterocycles. The van der Waals surface area contributed by atoms with Crippen LogP contribution >= 0.6 is 0 Å². The third-order valence-electron chi connectivity index (χ3n) is 8.65. The molecule has 9 nitrogen and oxygen atoms in total. The summed E-state index contributed by atoms with van der Waals surface area (Å²) in [6, 6.07) is 0. The van der Waals surface area contributed by atoms with Gasteiger partial charge in [0.15, 0.2) is 6.29 Å². The Kier molecular flexibility index (Phi) is 6.01. The quantitative estimate of drug-likeness (QED) is 0.309. The third kappa shape index (κ3) is 3.02. The highest BCUT2D eigenvalue weighted by Crippen LogP contribution is 2.64. The van der Waals surface area contributed by atoms with E-state index in [-0.39, 0.29) is 30.3 Å². The zero-order chi connectivity index (χ0) is 22.0. The van der Waals surface area contributed by atoms with Crippen molar-refractivity contribution in [3.63, 3.8) is 0 Å². The normalized spacial score (nSPS) is 55.8. The number of aliphatic hydroxyl groups is 6. The summed E-state index contributed by atoms with van der Waals surface area (Å²) < 4.78 is 17.1. The Hall–Kier alpha value is -0.360. The van der Waals surface area contributed by atoms with Crippen molar-refractivity contribution < 1.29 is 44.8 Å². The maximum absolute atomic E-state index is 11.4. The lowest BCUT2D eigenvalue weighted by Gasteiger charge is -2.55. The molecule has 9 heteroatoms. The first-order valence-corrected chi connectivity index (χ1v) is 11.0. The first-order chi connectivity index (χ1) is 14.1. The van der Waals surface area contributed by atoms with Crippen molar-refractivity contribution in [1.82, 2.24) is 0 Å². The highest BCUT2D eigenvalue weighted by molar-refractivity contribution is 5.19. The van der Waals surface area contributed by atoms with Crippen LogP contribution in [0.1, 0.15) is 33.6 Å². The van der Waals surface area contributed by atoms with Crippen LogP contribution in [0.3, 0.4) is 0 Å². The fraction of sp³-hybridized carbons (Fsp3) is 1.00. The molecule has 0 spiro atoms. The Morgan fingerprint density at radius 2 is 1.73 bits per heavy atom. The van der Waals surface area contributed by atoms with Crippen molar-refractivity contribution in [3.8, 4) is 0 Å². The van der Waals surface area contributed by atoms with Crippen molar-refractivity contribution in [2.24, 2.45) is 29.1 Å². The summed E-state index contributed by atoms with van der Waals surface area (Å²) in [6.45, 7) is 6.02. The maximum Gasteiger partial charge on any atom is 0.186 e. The molecule has 2 saturated heterocycles. The zero-order valence-electron chi connectivity index (χ0n) is 17.8. The predicted molar refractivity (Wildman–Crippen MR) is 103 cm³/mol. The fourth-order valence-electron chi connectivity index (χ4n) is 6.63. The van der Waals surface area contributed by atoms with E-state index in [1.807, 2.05) is 20.8 Å². The minimum absolute atomic E-state index is 0.0429. The van der Waals surface area contributed by atoms with Crippen LogP contribution in [0.15, 0.2) is 0 Å². The number of rotatable bonds is 5. The van der Waals surface area contributed by atoms with Crippen LogP contribution in [0.4, 0.5) is 0 Å². The zero-order valence-corrected chi connectivity index (χ0v) is 17.8. The second kappa shape index (κ2) is 7.90. The molecule has 2 bridgehead atoms. The lowest BCUT2D eigenvalue weighted by molar-refractivity contribution is -0.306. The van der Waals surface area contributed by atoms with Gasteiger partial charge in [0.05, 0.1) is 25.9 Å². The lowest BCUT2D eigenvalue weighted by Crippen LogP contribution is -2.66. The van der Waals surface area contributed by atoms with E-state index in [9.17, 15) is 30.6 Å². The molecule has 2 heterocycles. The summed E-state index contributed by atoms with van der Waals surface area (Å²) >= 11 is 0. The van der Waals surface area contributed by atoms with Crippen molar-refractivity contribution in [1.29, 1.82) is 0 Å². The largest absolute Gasteiger partial charge is 0.394 e. The average Bonchev–Trinajstić information content (AvgIpc) is 3.20. The van der Waals surface area contributed by atoms with Crippen LogP contribution in [0.5, 0.6) is 0 Å². The first kappa shape index (κ1) is 22.8. The van der Waals surface area contributed by atoms with Gasteiger partial charge in [-0.1, -0.05) is 20.8 Å². The molecule has 6 N–H and O–H groups in total. The average molecular weight is 433 g/mol. The van der Waals surface area contributed by atoms with Crippen LogP contribution in [0, 0.1) is 29.1 Å². The van der Waals surface area contributed by atoms with Crippen LogP contribution < -0.4 is 0 Å². The molecule has 8 unspecified atom stereocenters. The Bertz CT molecular complexity index is 630. The lowest BCUT2D eigenvalue weighted by atomic mass is 9.53. The standard InChI is InChI=1S/C21H36O9/c1-9(2)21(27)12-8-28-18(21)17(26)20(3)10(4-5-11(12)20)7-29-19-16(25)15(24)14(23)13(6-22)30-19/h9-19,22-27H,4-8H2,1-3H3/t10-,11?,12?,13?,14?,15?,16?,17+,18?,19?,20-,21+/m0/s1. The highest BCUT2D eigenvalue weighted by Gasteiger charge is 2.70. The minimum Gasteiger partial charge on any atom is -0.394 e. The summed E-state index contributed by atoms with van der Waals surface area (Å²) in [4.78, 5) is 0. The number of aliphatic hydroxyl groups excluding tert-OH is 5. The molecule has 4 fully saturated rings. The number of ether oxygens (including phenoxy) is 3. The van der Waals surface area contributed by atoms with Gasteiger partial charge in [-0.15, -0.1) is 0 Å². The summed E-state index contributed by atoms with van der Waals surface area (Å²) in [5, 5.41) is 62.2. The molecule has 30 heavy (non-hydrogen) atoms. The molecule has 2 aliphatic heterocycles. The molecule has 2 aliphatic carbocycles. The first-order valence-electron chi connectivity index (χ1n) is 11.0. The van der Waals surface area contributed by atoms with Crippen LogP contribution in [-0.2, 0) is 14.2 Å². The molecular formula is C21H36O9. The van der Waals surface area contributed by atoms with E-state index in [1.54, 1.807) is 0 Å². The highest BCUT2D eigenvalue weighted by atomic mass is 16.7. The second-order valence-electron chi connectivity index (χ2n) is 10.1. The summed E-state index contributed by atoms with van der Waals surface area (Å²) in [7, 11) is 0. The molecule has 0 radical (unpaired) electrons. The van der Waals surface area contributed by atoms with E-state index >= 15 is 0 Å². The molecule has 174 valence electrons. The molecule has 0 aromatic carbocycles.